The number of carbonyl (C=O) groups excluding carboxylic acids is 2. The second-order valence-corrected chi connectivity index (χ2v) is 9.95. The molecule has 1 unspecified atom stereocenters. The average molecular weight is 528 g/mol. The lowest BCUT2D eigenvalue weighted by Crippen LogP contribution is -2.29. The number of hydrogen-bond acceptors (Lipinski definition) is 8. The van der Waals surface area contributed by atoms with E-state index in [2.05, 4.69) is 10.2 Å². The van der Waals surface area contributed by atoms with Gasteiger partial charge >= 0.3 is 5.91 Å². The van der Waals surface area contributed by atoms with Crippen LogP contribution < -0.4 is 14.4 Å². The van der Waals surface area contributed by atoms with Crippen LogP contribution >= 0.6 is 11.3 Å². The molecule has 5 rings (SSSR count). The normalized spacial score (nSPS) is 16.6. The van der Waals surface area contributed by atoms with Crippen LogP contribution in [0.15, 0.2) is 78.4 Å². The highest BCUT2D eigenvalue weighted by Gasteiger charge is 2.48. The highest BCUT2D eigenvalue weighted by molar-refractivity contribution is 7.15. The van der Waals surface area contributed by atoms with Crippen molar-refractivity contribution in [2.45, 2.75) is 26.5 Å². The molecule has 38 heavy (non-hydrogen) atoms. The maximum atomic E-state index is 13.3. The van der Waals surface area contributed by atoms with Gasteiger partial charge in [0.25, 0.3) is 5.78 Å². The van der Waals surface area contributed by atoms with Gasteiger partial charge in [-0.3, -0.25) is 14.5 Å². The minimum absolute atomic E-state index is 0.0373. The number of ketones is 1. The molecule has 4 aromatic rings. The second-order valence-electron chi connectivity index (χ2n) is 8.79. The molecule has 1 aliphatic rings. The molecule has 0 aliphatic carbocycles. The standard InChI is InChI=1S/C29H25N3O5S/c1-17-7-4-5-8-21(17)16-37-22-13-11-19(12-14-22)26(33)24-25(20-9-6-10-23(15-20)36-3)32(28(35)27(24)34)29-31-30-18(2)38-29/h4-15,25,33H,16H2,1-3H3/b26-24+. The fraction of sp³-hybridized carbons (Fsp3) is 0.172. The Morgan fingerprint density at radius 2 is 1.74 bits per heavy atom. The summed E-state index contributed by atoms with van der Waals surface area (Å²) in [5, 5.41) is 20.4. The number of nitrogens with zero attached hydrogens (tertiary/aromatic N) is 3. The highest BCUT2D eigenvalue weighted by Crippen LogP contribution is 2.43. The third-order valence-electron chi connectivity index (χ3n) is 6.36. The summed E-state index contributed by atoms with van der Waals surface area (Å²) in [6, 6.07) is 20.9. The number of Topliss-reactive ketones (excluding diaryl/α,β-unsaturated/α-hetero) is 1. The van der Waals surface area contributed by atoms with E-state index in [1.54, 1.807) is 55.5 Å². The van der Waals surface area contributed by atoms with Crippen LogP contribution in [-0.2, 0) is 16.2 Å². The Kier molecular flexibility index (Phi) is 6.93. The maximum Gasteiger partial charge on any atom is 0.301 e. The summed E-state index contributed by atoms with van der Waals surface area (Å²) in [5.74, 6) is -0.710. The van der Waals surface area contributed by atoms with Gasteiger partial charge in [-0.25, -0.2) is 0 Å². The van der Waals surface area contributed by atoms with Crippen molar-refractivity contribution >= 4 is 33.9 Å². The number of carbonyl (C=O) groups is 2. The number of methoxy groups -OCH3 is 1. The predicted octanol–water partition coefficient (Wildman–Crippen LogP) is 5.37. The van der Waals surface area contributed by atoms with Gasteiger partial charge in [0.15, 0.2) is 0 Å². The predicted molar refractivity (Wildman–Crippen MR) is 144 cm³/mol. The van der Waals surface area contributed by atoms with Crippen molar-refractivity contribution < 1.29 is 24.2 Å². The molecule has 1 amide bonds. The topological polar surface area (TPSA) is 102 Å². The molecule has 1 aromatic heterocycles. The van der Waals surface area contributed by atoms with E-state index in [9.17, 15) is 14.7 Å². The summed E-state index contributed by atoms with van der Waals surface area (Å²) in [6.07, 6.45) is 0. The van der Waals surface area contributed by atoms with E-state index in [1.807, 2.05) is 31.2 Å². The number of rotatable bonds is 7. The smallest absolute Gasteiger partial charge is 0.301 e. The van der Waals surface area contributed by atoms with Crippen LogP contribution in [-0.4, -0.2) is 34.1 Å². The zero-order valence-corrected chi connectivity index (χ0v) is 21.9. The van der Waals surface area contributed by atoms with Crippen molar-refractivity contribution in [2.75, 3.05) is 12.0 Å². The Morgan fingerprint density at radius 1 is 0.974 bits per heavy atom. The van der Waals surface area contributed by atoms with Crippen molar-refractivity contribution in [1.82, 2.24) is 10.2 Å². The summed E-state index contributed by atoms with van der Waals surface area (Å²) < 4.78 is 11.3. The fourth-order valence-electron chi connectivity index (χ4n) is 4.34. The molecule has 1 atom stereocenters. The van der Waals surface area contributed by atoms with Crippen LogP contribution in [0.25, 0.3) is 5.76 Å². The molecule has 2 heterocycles. The van der Waals surface area contributed by atoms with Gasteiger partial charge in [0.2, 0.25) is 5.13 Å². The van der Waals surface area contributed by atoms with E-state index in [0.717, 1.165) is 11.1 Å². The number of aliphatic hydroxyl groups excluding tert-OH is 1. The first kappa shape index (κ1) is 25.2. The molecule has 0 bridgehead atoms. The lowest BCUT2D eigenvalue weighted by molar-refractivity contribution is -0.132. The first-order valence-corrected chi connectivity index (χ1v) is 12.7. The van der Waals surface area contributed by atoms with Gasteiger partial charge < -0.3 is 14.6 Å². The van der Waals surface area contributed by atoms with Gasteiger partial charge in [0.1, 0.15) is 28.9 Å². The lowest BCUT2D eigenvalue weighted by Gasteiger charge is -2.23. The van der Waals surface area contributed by atoms with Crippen molar-refractivity contribution in [3.8, 4) is 11.5 Å². The average Bonchev–Trinajstić information content (AvgIpc) is 3.48. The van der Waals surface area contributed by atoms with Gasteiger partial charge in [-0.05, 0) is 66.9 Å². The Morgan fingerprint density at radius 3 is 2.42 bits per heavy atom. The van der Waals surface area contributed by atoms with E-state index >= 15 is 0 Å². The van der Waals surface area contributed by atoms with Crippen LogP contribution in [0.4, 0.5) is 5.13 Å². The number of aliphatic hydroxyl groups is 1. The van der Waals surface area contributed by atoms with Crippen LogP contribution in [0.2, 0.25) is 0 Å². The highest BCUT2D eigenvalue weighted by atomic mass is 32.1. The summed E-state index contributed by atoms with van der Waals surface area (Å²) in [7, 11) is 1.53. The monoisotopic (exact) mass is 527 g/mol. The molecule has 0 saturated carbocycles. The SMILES string of the molecule is COc1cccc(C2/C(=C(\O)c3ccc(OCc4ccccc4C)cc3)C(=O)C(=O)N2c2nnc(C)s2)c1. The van der Waals surface area contributed by atoms with E-state index in [-0.39, 0.29) is 16.5 Å². The zero-order chi connectivity index (χ0) is 26.8. The van der Waals surface area contributed by atoms with Crippen molar-refractivity contribution in [3.05, 3.63) is 106 Å². The first-order chi connectivity index (χ1) is 18.4. The van der Waals surface area contributed by atoms with Gasteiger partial charge in [-0.2, -0.15) is 0 Å². The van der Waals surface area contributed by atoms with Crippen molar-refractivity contribution in [1.29, 1.82) is 0 Å². The molecule has 9 heteroatoms. The minimum Gasteiger partial charge on any atom is -0.507 e. The van der Waals surface area contributed by atoms with Gasteiger partial charge in [-0.15, -0.1) is 10.2 Å². The number of amides is 1. The molecule has 0 spiro atoms. The fourth-order valence-corrected chi connectivity index (χ4v) is 5.05. The lowest BCUT2D eigenvalue weighted by atomic mass is 9.95. The van der Waals surface area contributed by atoms with Gasteiger partial charge in [0, 0.05) is 5.56 Å². The van der Waals surface area contributed by atoms with E-state index < -0.39 is 17.7 Å². The second kappa shape index (κ2) is 10.5. The molecule has 192 valence electrons. The van der Waals surface area contributed by atoms with E-state index in [4.69, 9.17) is 9.47 Å². The summed E-state index contributed by atoms with van der Waals surface area (Å²) in [5.41, 5.74) is 3.15. The molecule has 0 radical (unpaired) electrons. The number of anilines is 1. The number of hydrogen-bond donors (Lipinski definition) is 1. The Bertz CT molecular complexity index is 1540. The molecule has 8 nitrogen and oxygen atoms in total. The number of aromatic nitrogens is 2. The number of aryl methyl sites for hydroxylation is 2. The summed E-state index contributed by atoms with van der Waals surface area (Å²) in [6.45, 7) is 4.19. The summed E-state index contributed by atoms with van der Waals surface area (Å²) >= 11 is 1.19. The summed E-state index contributed by atoms with van der Waals surface area (Å²) in [4.78, 5) is 27.8. The van der Waals surface area contributed by atoms with Gasteiger partial charge in [-0.1, -0.05) is 47.7 Å². The molecular formula is C29H25N3O5S. The van der Waals surface area contributed by atoms with E-state index in [1.165, 1.54) is 23.3 Å². The van der Waals surface area contributed by atoms with Crippen LogP contribution in [0, 0.1) is 13.8 Å². The Balaban J connectivity index is 1.52. The van der Waals surface area contributed by atoms with Crippen LogP contribution in [0.1, 0.15) is 33.3 Å². The molecule has 1 N–H and O–H groups in total. The Hall–Kier alpha value is -4.50. The molecule has 1 fully saturated rings. The quantitative estimate of drug-likeness (QED) is 0.196. The van der Waals surface area contributed by atoms with Gasteiger partial charge in [0.05, 0.1) is 18.7 Å². The third-order valence-corrected chi connectivity index (χ3v) is 7.20. The molecular weight excluding hydrogens is 502 g/mol. The van der Waals surface area contributed by atoms with Crippen molar-refractivity contribution in [2.24, 2.45) is 0 Å². The molecule has 3 aromatic carbocycles. The first-order valence-electron chi connectivity index (χ1n) is 11.9. The van der Waals surface area contributed by atoms with E-state index in [0.29, 0.717) is 34.2 Å². The van der Waals surface area contributed by atoms with Crippen LogP contribution in [0.3, 0.4) is 0 Å². The zero-order valence-electron chi connectivity index (χ0n) is 21.0. The Labute approximate surface area is 223 Å². The van der Waals surface area contributed by atoms with Crippen molar-refractivity contribution in [3.63, 3.8) is 0 Å². The number of benzene rings is 3. The molecule has 1 aliphatic heterocycles. The third kappa shape index (κ3) is 4.76. The van der Waals surface area contributed by atoms with Crippen LogP contribution in [0.5, 0.6) is 11.5 Å². The maximum absolute atomic E-state index is 13.3. The minimum atomic E-state index is -0.908. The molecule has 1 saturated heterocycles. The largest absolute Gasteiger partial charge is 0.507 e. The number of ether oxygens (including phenoxy) is 2.